The van der Waals surface area contributed by atoms with Crippen molar-refractivity contribution >= 4 is 28.9 Å². The highest BCUT2D eigenvalue weighted by Gasteiger charge is 2.26. The standard InChI is InChI=1S/C29H34Cl2N2O3/c1-2-29(35,23-6-4-3-5-7-23)15-17-33-16-14-25(22-10-13-26(30)27(31)18-22)28(32)20-36-19-21-8-11-24(34)12-9-21/h3-13,18,25,32-35H,2,14-17,19-20H2,1H3. The van der Waals surface area contributed by atoms with E-state index in [1.807, 2.05) is 49.4 Å². The van der Waals surface area contributed by atoms with Crippen molar-refractivity contribution in [3.8, 4) is 5.75 Å². The number of rotatable bonds is 14. The summed E-state index contributed by atoms with van der Waals surface area (Å²) in [6.07, 6.45) is 1.90. The molecule has 0 amide bonds. The van der Waals surface area contributed by atoms with Crippen molar-refractivity contribution in [2.75, 3.05) is 19.7 Å². The average Bonchev–Trinajstić information content (AvgIpc) is 2.89. The maximum absolute atomic E-state index is 11.1. The molecule has 0 aliphatic carbocycles. The first-order valence-electron chi connectivity index (χ1n) is 12.2. The molecule has 2 unspecified atom stereocenters. The SMILES string of the molecule is CCC(O)(CCNCCC(C(=N)COCc1ccc(O)cc1)c1ccc(Cl)c(Cl)c1)c1ccccc1. The van der Waals surface area contributed by atoms with E-state index in [1.54, 1.807) is 30.3 Å². The molecule has 0 fully saturated rings. The highest BCUT2D eigenvalue weighted by Crippen LogP contribution is 2.30. The Labute approximate surface area is 223 Å². The minimum atomic E-state index is -0.869. The van der Waals surface area contributed by atoms with Crippen LogP contribution in [0.15, 0.2) is 72.8 Å². The van der Waals surface area contributed by atoms with Gasteiger partial charge in [0.2, 0.25) is 0 Å². The van der Waals surface area contributed by atoms with Crippen LogP contribution in [0.5, 0.6) is 5.75 Å². The Balaban J connectivity index is 1.57. The van der Waals surface area contributed by atoms with Gasteiger partial charge in [0.1, 0.15) is 5.75 Å². The first-order valence-corrected chi connectivity index (χ1v) is 12.9. The number of phenols is 1. The molecule has 2 atom stereocenters. The summed E-state index contributed by atoms with van der Waals surface area (Å²) in [7, 11) is 0. The molecule has 0 radical (unpaired) electrons. The van der Waals surface area contributed by atoms with Crippen LogP contribution >= 0.6 is 23.2 Å². The third-order valence-electron chi connectivity index (χ3n) is 6.45. The van der Waals surface area contributed by atoms with E-state index in [2.05, 4.69) is 5.32 Å². The van der Waals surface area contributed by atoms with Gasteiger partial charge in [0.15, 0.2) is 0 Å². The van der Waals surface area contributed by atoms with Crippen LogP contribution in [0.2, 0.25) is 10.0 Å². The molecule has 0 aliphatic heterocycles. The Morgan fingerprint density at radius 3 is 2.39 bits per heavy atom. The van der Waals surface area contributed by atoms with Crippen LogP contribution in [-0.2, 0) is 16.9 Å². The van der Waals surface area contributed by atoms with Gasteiger partial charge in [0.25, 0.3) is 0 Å². The highest BCUT2D eigenvalue weighted by atomic mass is 35.5. The number of aliphatic hydroxyl groups is 1. The van der Waals surface area contributed by atoms with E-state index in [1.165, 1.54) is 0 Å². The molecule has 7 heteroatoms. The summed E-state index contributed by atoms with van der Waals surface area (Å²) in [6.45, 7) is 3.84. The van der Waals surface area contributed by atoms with E-state index >= 15 is 0 Å². The largest absolute Gasteiger partial charge is 0.508 e. The second-order valence-corrected chi connectivity index (χ2v) is 9.76. The molecule has 0 saturated heterocycles. The fraction of sp³-hybridized carbons (Fsp3) is 0.345. The lowest BCUT2D eigenvalue weighted by Gasteiger charge is -2.28. The quantitative estimate of drug-likeness (QED) is 0.139. The summed E-state index contributed by atoms with van der Waals surface area (Å²) >= 11 is 12.4. The predicted molar refractivity (Wildman–Crippen MR) is 147 cm³/mol. The lowest BCUT2D eigenvalue weighted by molar-refractivity contribution is 0.0237. The Kier molecular flexibility index (Phi) is 10.8. The van der Waals surface area contributed by atoms with Gasteiger partial charge in [0, 0.05) is 11.6 Å². The maximum Gasteiger partial charge on any atom is 0.115 e. The van der Waals surface area contributed by atoms with Crippen molar-refractivity contribution in [1.29, 1.82) is 5.41 Å². The average molecular weight is 530 g/mol. The monoisotopic (exact) mass is 528 g/mol. The Hall–Kier alpha value is -2.41. The van der Waals surface area contributed by atoms with Crippen molar-refractivity contribution in [2.45, 2.75) is 44.3 Å². The van der Waals surface area contributed by atoms with E-state index in [4.69, 9.17) is 33.3 Å². The Morgan fingerprint density at radius 1 is 1.00 bits per heavy atom. The Bertz CT molecular complexity index is 1110. The number of ether oxygens (including phenoxy) is 1. The zero-order valence-corrected chi connectivity index (χ0v) is 22.0. The van der Waals surface area contributed by atoms with Crippen LogP contribution in [0.1, 0.15) is 48.8 Å². The molecular weight excluding hydrogens is 495 g/mol. The number of hydrogen-bond donors (Lipinski definition) is 4. The molecule has 192 valence electrons. The lowest BCUT2D eigenvalue weighted by atomic mass is 9.88. The van der Waals surface area contributed by atoms with E-state index in [9.17, 15) is 10.2 Å². The zero-order chi connectivity index (χ0) is 26.0. The minimum Gasteiger partial charge on any atom is -0.508 e. The van der Waals surface area contributed by atoms with Crippen molar-refractivity contribution in [3.63, 3.8) is 0 Å². The zero-order valence-electron chi connectivity index (χ0n) is 20.5. The molecule has 0 aromatic heterocycles. The van der Waals surface area contributed by atoms with Gasteiger partial charge in [-0.15, -0.1) is 0 Å². The third-order valence-corrected chi connectivity index (χ3v) is 7.19. The van der Waals surface area contributed by atoms with E-state index in [-0.39, 0.29) is 18.3 Å². The molecule has 5 nitrogen and oxygen atoms in total. The predicted octanol–water partition coefficient (Wildman–Crippen LogP) is 6.69. The molecule has 0 aliphatic rings. The number of hydrogen-bond acceptors (Lipinski definition) is 5. The molecule has 3 aromatic carbocycles. The molecule has 3 rings (SSSR count). The number of halogens is 2. The van der Waals surface area contributed by atoms with Gasteiger partial charge in [-0.1, -0.05) is 78.7 Å². The van der Waals surface area contributed by atoms with Crippen molar-refractivity contribution in [3.05, 3.63) is 99.5 Å². The second-order valence-electron chi connectivity index (χ2n) is 8.95. The van der Waals surface area contributed by atoms with Gasteiger partial charge in [-0.2, -0.15) is 0 Å². The molecule has 36 heavy (non-hydrogen) atoms. The van der Waals surface area contributed by atoms with Crippen molar-refractivity contribution in [2.24, 2.45) is 0 Å². The van der Waals surface area contributed by atoms with Gasteiger partial charge in [-0.25, -0.2) is 0 Å². The van der Waals surface area contributed by atoms with Crippen LogP contribution in [-0.4, -0.2) is 35.6 Å². The number of aromatic hydroxyl groups is 1. The van der Waals surface area contributed by atoms with Crippen molar-refractivity contribution in [1.82, 2.24) is 5.32 Å². The molecule has 3 aromatic rings. The smallest absolute Gasteiger partial charge is 0.115 e. The summed E-state index contributed by atoms with van der Waals surface area (Å²) in [6, 6.07) is 22.1. The molecule has 0 saturated carbocycles. The van der Waals surface area contributed by atoms with Crippen LogP contribution in [0, 0.1) is 5.41 Å². The molecule has 4 N–H and O–H groups in total. The van der Waals surface area contributed by atoms with Gasteiger partial charge in [0.05, 0.1) is 28.9 Å². The summed E-state index contributed by atoms with van der Waals surface area (Å²) in [4.78, 5) is 0. The highest BCUT2D eigenvalue weighted by molar-refractivity contribution is 6.42. The van der Waals surface area contributed by atoms with Crippen LogP contribution in [0.3, 0.4) is 0 Å². The molecule has 0 bridgehead atoms. The number of nitrogens with one attached hydrogen (secondary N) is 2. The van der Waals surface area contributed by atoms with Crippen LogP contribution in [0.25, 0.3) is 0 Å². The summed E-state index contributed by atoms with van der Waals surface area (Å²) < 4.78 is 5.79. The molecular formula is C29H34Cl2N2O3. The summed E-state index contributed by atoms with van der Waals surface area (Å²) in [5.74, 6) is 0.0195. The van der Waals surface area contributed by atoms with Gasteiger partial charge < -0.3 is 25.7 Å². The lowest BCUT2D eigenvalue weighted by Crippen LogP contribution is -2.31. The molecule has 0 spiro atoms. The van der Waals surface area contributed by atoms with E-state index in [0.29, 0.717) is 54.7 Å². The Morgan fingerprint density at radius 2 is 1.72 bits per heavy atom. The molecule has 0 heterocycles. The maximum atomic E-state index is 11.1. The van der Waals surface area contributed by atoms with E-state index < -0.39 is 5.60 Å². The minimum absolute atomic E-state index is 0.176. The van der Waals surface area contributed by atoms with Gasteiger partial charge >= 0.3 is 0 Å². The third kappa shape index (κ3) is 8.05. The number of benzene rings is 3. The second kappa shape index (κ2) is 13.8. The first-order chi connectivity index (χ1) is 17.3. The fourth-order valence-corrected chi connectivity index (χ4v) is 4.49. The van der Waals surface area contributed by atoms with Crippen LogP contribution < -0.4 is 5.32 Å². The van der Waals surface area contributed by atoms with Crippen molar-refractivity contribution < 1.29 is 14.9 Å². The summed E-state index contributed by atoms with van der Waals surface area (Å²) in [5.41, 5.74) is 2.35. The van der Waals surface area contributed by atoms with E-state index in [0.717, 1.165) is 16.7 Å². The fourth-order valence-electron chi connectivity index (χ4n) is 4.18. The van der Waals surface area contributed by atoms with Crippen LogP contribution in [0.4, 0.5) is 0 Å². The summed E-state index contributed by atoms with van der Waals surface area (Å²) in [5, 5.41) is 33.6. The number of phenolic OH excluding ortho intramolecular Hbond substituents is 1. The first kappa shape index (κ1) is 28.2. The van der Waals surface area contributed by atoms with Gasteiger partial charge in [-0.05, 0) is 73.3 Å². The topological polar surface area (TPSA) is 85.6 Å². The van der Waals surface area contributed by atoms with Gasteiger partial charge in [-0.3, -0.25) is 0 Å². The normalized spacial score (nSPS) is 13.8.